The van der Waals surface area contributed by atoms with E-state index < -0.39 is 0 Å². The summed E-state index contributed by atoms with van der Waals surface area (Å²) in [6.07, 6.45) is 5.34. The van der Waals surface area contributed by atoms with E-state index in [-0.39, 0.29) is 0 Å². The monoisotopic (exact) mass is 288 g/mol. The van der Waals surface area contributed by atoms with E-state index >= 15 is 0 Å². The summed E-state index contributed by atoms with van der Waals surface area (Å²) in [5.41, 5.74) is 10.3. The van der Waals surface area contributed by atoms with Crippen LogP contribution >= 0.6 is 11.3 Å². The van der Waals surface area contributed by atoms with Crippen molar-refractivity contribution < 1.29 is 4.74 Å². The first-order valence-corrected chi connectivity index (χ1v) is 8.01. The first-order valence-electron chi connectivity index (χ1n) is 7.13. The molecule has 0 amide bonds. The van der Waals surface area contributed by atoms with Gasteiger partial charge < -0.3 is 10.5 Å². The normalized spacial score (nSPS) is 15.7. The van der Waals surface area contributed by atoms with Crippen LogP contribution in [-0.4, -0.2) is 11.1 Å². The number of nitrogens with two attached hydrogens (primary N) is 1. The van der Waals surface area contributed by atoms with Crippen LogP contribution in [0.4, 0.5) is 5.13 Å². The molecule has 1 aromatic carbocycles. The Labute approximate surface area is 123 Å². The molecule has 2 N–H and O–H groups in total. The smallest absolute Gasteiger partial charge is 0.180 e. The van der Waals surface area contributed by atoms with Crippen molar-refractivity contribution in [2.24, 2.45) is 0 Å². The molecule has 0 saturated heterocycles. The zero-order chi connectivity index (χ0) is 14.1. The molecule has 1 heterocycles. The number of thiazole rings is 1. The van der Waals surface area contributed by atoms with Gasteiger partial charge in [-0.05, 0) is 62.8 Å². The van der Waals surface area contributed by atoms with Gasteiger partial charge in [-0.15, -0.1) is 11.3 Å². The lowest BCUT2D eigenvalue weighted by Gasteiger charge is -2.16. The highest BCUT2D eigenvalue weighted by atomic mass is 32.1. The standard InChI is InChI=1S/C16H20N2OS/c1-10-7-13(19-12-5-3-4-6-12)8-11(2)15(10)14-9-20-16(17)18-14/h7-9,12H,3-6H2,1-2H3,(H2,17,18). The molecule has 0 bridgehead atoms. The topological polar surface area (TPSA) is 48.1 Å². The van der Waals surface area contributed by atoms with Gasteiger partial charge in [0.05, 0.1) is 11.8 Å². The molecule has 3 rings (SSSR count). The largest absolute Gasteiger partial charge is 0.490 e. The predicted octanol–water partition coefficient (Wildman–Crippen LogP) is 4.33. The molecule has 0 atom stereocenters. The van der Waals surface area contributed by atoms with Gasteiger partial charge in [0.25, 0.3) is 0 Å². The second-order valence-electron chi connectivity index (χ2n) is 5.53. The molecule has 1 aromatic heterocycles. The molecule has 106 valence electrons. The first kappa shape index (κ1) is 13.4. The quantitative estimate of drug-likeness (QED) is 0.914. The minimum absolute atomic E-state index is 0.398. The SMILES string of the molecule is Cc1cc(OC2CCCC2)cc(C)c1-c1csc(N)n1. The lowest BCUT2D eigenvalue weighted by atomic mass is 10.00. The van der Waals surface area contributed by atoms with Gasteiger partial charge in [0.15, 0.2) is 5.13 Å². The van der Waals surface area contributed by atoms with Gasteiger partial charge in [0, 0.05) is 10.9 Å². The van der Waals surface area contributed by atoms with Crippen molar-refractivity contribution in [1.82, 2.24) is 4.98 Å². The number of rotatable bonds is 3. The van der Waals surface area contributed by atoms with E-state index in [0.29, 0.717) is 11.2 Å². The van der Waals surface area contributed by atoms with Crippen LogP contribution in [0, 0.1) is 13.8 Å². The van der Waals surface area contributed by atoms with Gasteiger partial charge in [0.2, 0.25) is 0 Å². The van der Waals surface area contributed by atoms with Crippen molar-refractivity contribution in [1.29, 1.82) is 0 Å². The van der Waals surface area contributed by atoms with Crippen LogP contribution in [-0.2, 0) is 0 Å². The van der Waals surface area contributed by atoms with Crippen molar-refractivity contribution in [3.05, 3.63) is 28.6 Å². The Balaban J connectivity index is 1.90. The summed E-state index contributed by atoms with van der Waals surface area (Å²) < 4.78 is 6.09. The molecular formula is C16H20N2OS. The molecule has 0 unspecified atom stereocenters. The summed E-state index contributed by atoms with van der Waals surface area (Å²) in [5, 5.41) is 2.63. The zero-order valence-corrected chi connectivity index (χ0v) is 12.8. The number of anilines is 1. The molecule has 1 fully saturated rings. The van der Waals surface area contributed by atoms with E-state index in [1.54, 1.807) is 0 Å². The molecule has 1 saturated carbocycles. The number of nitrogens with zero attached hydrogens (tertiary/aromatic N) is 1. The molecule has 4 heteroatoms. The molecule has 1 aliphatic rings. The van der Waals surface area contributed by atoms with Crippen molar-refractivity contribution in [2.75, 3.05) is 5.73 Å². The summed E-state index contributed by atoms with van der Waals surface area (Å²) in [7, 11) is 0. The molecule has 0 spiro atoms. The third-order valence-electron chi connectivity index (χ3n) is 3.89. The summed E-state index contributed by atoms with van der Waals surface area (Å²) in [4.78, 5) is 4.39. The van der Waals surface area contributed by atoms with E-state index in [0.717, 1.165) is 11.4 Å². The highest BCUT2D eigenvalue weighted by Gasteiger charge is 2.18. The number of aromatic nitrogens is 1. The fourth-order valence-electron chi connectivity index (χ4n) is 3.00. The van der Waals surface area contributed by atoms with Crippen molar-refractivity contribution in [3.8, 4) is 17.0 Å². The summed E-state index contributed by atoms with van der Waals surface area (Å²) in [6.45, 7) is 4.22. The van der Waals surface area contributed by atoms with Crippen LogP contribution in [0.3, 0.4) is 0 Å². The number of hydrogen-bond acceptors (Lipinski definition) is 4. The minimum atomic E-state index is 0.398. The second kappa shape index (κ2) is 5.44. The van der Waals surface area contributed by atoms with E-state index in [1.807, 2.05) is 5.38 Å². The predicted molar refractivity (Wildman–Crippen MR) is 84.3 cm³/mol. The van der Waals surface area contributed by atoms with Crippen molar-refractivity contribution in [2.45, 2.75) is 45.6 Å². The second-order valence-corrected chi connectivity index (χ2v) is 6.42. The lowest BCUT2D eigenvalue weighted by molar-refractivity contribution is 0.210. The Morgan fingerprint density at radius 2 is 1.85 bits per heavy atom. The third-order valence-corrected chi connectivity index (χ3v) is 4.56. The first-order chi connectivity index (χ1) is 9.63. The van der Waals surface area contributed by atoms with E-state index in [4.69, 9.17) is 10.5 Å². The van der Waals surface area contributed by atoms with E-state index in [9.17, 15) is 0 Å². The zero-order valence-electron chi connectivity index (χ0n) is 12.0. The highest BCUT2D eigenvalue weighted by Crippen LogP contribution is 2.33. The maximum absolute atomic E-state index is 6.09. The van der Waals surface area contributed by atoms with E-state index in [2.05, 4.69) is 31.0 Å². The van der Waals surface area contributed by atoms with E-state index in [1.165, 1.54) is 53.7 Å². The number of ether oxygens (including phenoxy) is 1. The van der Waals surface area contributed by atoms with Gasteiger partial charge >= 0.3 is 0 Å². The number of benzene rings is 1. The van der Waals surface area contributed by atoms with Crippen LogP contribution in [0.2, 0.25) is 0 Å². The molecule has 3 nitrogen and oxygen atoms in total. The Morgan fingerprint density at radius 3 is 2.40 bits per heavy atom. The number of aryl methyl sites for hydroxylation is 2. The molecule has 0 radical (unpaired) electrons. The van der Waals surface area contributed by atoms with Crippen LogP contribution in [0.25, 0.3) is 11.3 Å². The maximum Gasteiger partial charge on any atom is 0.180 e. The van der Waals surface area contributed by atoms with Crippen LogP contribution < -0.4 is 10.5 Å². The molecule has 0 aliphatic heterocycles. The van der Waals surface area contributed by atoms with Crippen molar-refractivity contribution >= 4 is 16.5 Å². The lowest BCUT2D eigenvalue weighted by Crippen LogP contribution is -2.11. The van der Waals surface area contributed by atoms with Gasteiger partial charge in [-0.25, -0.2) is 4.98 Å². The van der Waals surface area contributed by atoms with Gasteiger partial charge in [-0.1, -0.05) is 0 Å². The Morgan fingerprint density at radius 1 is 1.20 bits per heavy atom. The molecule has 1 aliphatic carbocycles. The Bertz CT molecular complexity index is 592. The molecule has 20 heavy (non-hydrogen) atoms. The average Bonchev–Trinajstić information content (AvgIpc) is 3.00. The Hall–Kier alpha value is -1.55. The molecule has 2 aromatic rings. The third kappa shape index (κ3) is 2.66. The van der Waals surface area contributed by atoms with Crippen LogP contribution in [0.1, 0.15) is 36.8 Å². The van der Waals surface area contributed by atoms with Gasteiger partial charge in [-0.2, -0.15) is 0 Å². The minimum Gasteiger partial charge on any atom is -0.490 e. The summed E-state index contributed by atoms with van der Waals surface area (Å²) in [5.74, 6) is 0.985. The van der Waals surface area contributed by atoms with Crippen molar-refractivity contribution in [3.63, 3.8) is 0 Å². The summed E-state index contributed by atoms with van der Waals surface area (Å²) >= 11 is 1.48. The van der Waals surface area contributed by atoms with Crippen LogP contribution in [0.5, 0.6) is 5.75 Å². The number of hydrogen-bond donors (Lipinski definition) is 1. The highest BCUT2D eigenvalue weighted by molar-refractivity contribution is 7.13. The number of nitrogen functional groups attached to an aromatic ring is 1. The Kier molecular flexibility index (Phi) is 3.66. The van der Waals surface area contributed by atoms with Gasteiger partial charge in [-0.3, -0.25) is 0 Å². The maximum atomic E-state index is 6.09. The fraction of sp³-hybridized carbons (Fsp3) is 0.438. The average molecular weight is 288 g/mol. The summed E-state index contributed by atoms with van der Waals surface area (Å²) in [6, 6.07) is 4.24. The molecular weight excluding hydrogens is 268 g/mol. The van der Waals surface area contributed by atoms with Gasteiger partial charge in [0.1, 0.15) is 5.75 Å². The fourth-order valence-corrected chi connectivity index (χ4v) is 3.55. The van der Waals surface area contributed by atoms with Crippen LogP contribution in [0.15, 0.2) is 17.5 Å².